The van der Waals surface area contributed by atoms with Crippen LogP contribution in [0.4, 0.5) is 11.4 Å². The molecule has 0 aromatic heterocycles. The van der Waals surface area contributed by atoms with Gasteiger partial charge in [-0.2, -0.15) is 0 Å². The first-order chi connectivity index (χ1) is 9.54. The van der Waals surface area contributed by atoms with Gasteiger partial charge in [-0.25, -0.2) is 0 Å². The summed E-state index contributed by atoms with van der Waals surface area (Å²) in [6, 6.07) is 6.02. The lowest BCUT2D eigenvalue weighted by molar-refractivity contribution is 0.0828. The highest BCUT2D eigenvalue weighted by Crippen LogP contribution is 2.45. The quantitative estimate of drug-likeness (QED) is 0.832. The zero-order valence-corrected chi connectivity index (χ0v) is 12.2. The number of nitrogens with zero attached hydrogens (tertiary/aromatic N) is 1. The molecule has 0 heterocycles. The Kier molecular flexibility index (Phi) is 3.32. The molecule has 0 aliphatic heterocycles. The number of rotatable bonds is 3. The molecular formula is C16H23N3O. The number of amides is 1. The number of carbonyl (C=O) groups excluding carboxylic acids is 1. The molecule has 1 amide bonds. The second-order valence-corrected chi connectivity index (χ2v) is 6.43. The summed E-state index contributed by atoms with van der Waals surface area (Å²) in [6.45, 7) is 0. The van der Waals surface area contributed by atoms with Gasteiger partial charge in [-0.3, -0.25) is 4.79 Å². The number of anilines is 2. The minimum Gasteiger partial charge on any atom is -0.399 e. The van der Waals surface area contributed by atoms with Crippen LogP contribution in [0.5, 0.6) is 0 Å². The Morgan fingerprint density at radius 1 is 1.30 bits per heavy atom. The van der Waals surface area contributed by atoms with Gasteiger partial charge in [0.1, 0.15) is 0 Å². The van der Waals surface area contributed by atoms with Crippen molar-refractivity contribution in [1.29, 1.82) is 0 Å². The van der Waals surface area contributed by atoms with Crippen LogP contribution in [0.3, 0.4) is 0 Å². The van der Waals surface area contributed by atoms with Gasteiger partial charge in [0.25, 0.3) is 5.91 Å². The molecule has 4 heteroatoms. The van der Waals surface area contributed by atoms with Crippen molar-refractivity contribution in [2.24, 2.45) is 11.8 Å². The maximum atomic E-state index is 12.3. The molecule has 1 aromatic rings. The molecule has 2 saturated carbocycles. The summed E-state index contributed by atoms with van der Waals surface area (Å²) in [6.07, 6.45) is 5.27. The van der Waals surface area contributed by atoms with Crippen LogP contribution in [-0.2, 0) is 0 Å². The number of benzene rings is 1. The standard InChI is InChI=1S/C16H23N3O/c1-19(2)16(20)13-6-5-12(17)9-15(13)18-14-8-10-3-4-11(14)7-10/h5-6,9-11,14,18H,3-4,7-8,17H2,1-2H3. The highest BCUT2D eigenvalue weighted by molar-refractivity contribution is 6.00. The smallest absolute Gasteiger partial charge is 0.255 e. The summed E-state index contributed by atoms with van der Waals surface area (Å²) >= 11 is 0. The minimum atomic E-state index is 0.0238. The summed E-state index contributed by atoms with van der Waals surface area (Å²) in [5.41, 5.74) is 8.19. The lowest BCUT2D eigenvalue weighted by atomic mass is 9.94. The van der Waals surface area contributed by atoms with Gasteiger partial charge in [-0.1, -0.05) is 6.42 Å². The monoisotopic (exact) mass is 273 g/mol. The molecule has 3 unspecified atom stereocenters. The first-order valence-electron chi connectivity index (χ1n) is 7.42. The summed E-state index contributed by atoms with van der Waals surface area (Å²) in [4.78, 5) is 13.9. The first-order valence-corrected chi connectivity index (χ1v) is 7.42. The van der Waals surface area contributed by atoms with Crippen molar-refractivity contribution in [1.82, 2.24) is 4.90 Å². The molecule has 3 atom stereocenters. The van der Waals surface area contributed by atoms with Crippen molar-refractivity contribution in [2.45, 2.75) is 31.7 Å². The van der Waals surface area contributed by atoms with Gasteiger partial charge in [0, 0.05) is 31.5 Å². The maximum absolute atomic E-state index is 12.3. The van der Waals surface area contributed by atoms with E-state index in [1.54, 1.807) is 25.1 Å². The van der Waals surface area contributed by atoms with Crippen LogP contribution in [0.1, 0.15) is 36.0 Å². The van der Waals surface area contributed by atoms with Crippen LogP contribution in [-0.4, -0.2) is 30.9 Å². The van der Waals surface area contributed by atoms with Crippen LogP contribution in [0, 0.1) is 11.8 Å². The summed E-state index contributed by atoms with van der Waals surface area (Å²) in [5.74, 6) is 1.67. The van der Waals surface area contributed by atoms with Crippen LogP contribution in [0.15, 0.2) is 18.2 Å². The van der Waals surface area contributed by atoms with E-state index in [-0.39, 0.29) is 5.91 Å². The Hall–Kier alpha value is -1.71. The maximum Gasteiger partial charge on any atom is 0.255 e. The van der Waals surface area contributed by atoms with Gasteiger partial charge in [0.2, 0.25) is 0 Å². The summed E-state index contributed by atoms with van der Waals surface area (Å²) in [7, 11) is 3.56. The molecule has 1 aromatic carbocycles. The van der Waals surface area contributed by atoms with E-state index in [1.165, 1.54) is 25.7 Å². The highest BCUT2D eigenvalue weighted by Gasteiger charge is 2.39. The van der Waals surface area contributed by atoms with Gasteiger partial charge in [0.15, 0.2) is 0 Å². The number of nitrogens with one attached hydrogen (secondary N) is 1. The van der Waals surface area contributed by atoms with E-state index in [2.05, 4.69) is 5.32 Å². The minimum absolute atomic E-state index is 0.0238. The van der Waals surface area contributed by atoms with Crippen LogP contribution >= 0.6 is 0 Å². The Bertz CT molecular complexity index is 526. The first kappa shape index (κ1) is 13.3. The molecule has 2 aliphatic carbocycles. The topological polar surface area (TPSA) is 58.4 Å². The number of nitrogen functional groups attached to an aromatic ring is 1. The third-order valence-electron chi connectivity index (χ3n) is 4.76. The van der Waals surface area contributed by atoms with Gasteiger partial charge in [0.05, 0.1) is 5.56 Å². The van der Waals surface area contributed by atoms with E-state index in [0.29, 0.717) is 17.3 Å². The molecule has 20 heavy (non-hydrogen) atoms. The Morgan fingerprint density at radius 3 is 2.70 bits per heavy atom. The van der Waals surface area contributed by atoms with Crippen molar-refractivity contribution in [3.63, 3.8) is 0 Å². The number of nitrogens with two attached hydrogens (primary N) is 1. The van der Waals surface area contributed by atoms with Crippen molar-refractivity contribution in [3.05, 3.63) is 23.8 Å². The summed E-state index contributed by atoms with van der Waals surface area (Å²) < 4.78 is 0. The fraction of sp³-hybridized carbons (Fsp3) is 0.562. The van der Waals surface area contributed by atoms with E-state index in [1.807, 2.05) is 12.1 Å². The molecule has 108 valence electrons. The molecule has 2 bridgehead atoms. The zero-order chi connectivity index (χ0) is 14.3. The zero-order valence-electron chi connectivity index (χ0n) is 12.2. The molecule has 4 nitrogen and oxygen atoms in total. The second-order valence-electron chi connectivity index (χ2n) is 6.43. The van der Waals surface area contributed by atoms with Gasteiger partial charge >= 0.3 is 0 Å². The van der Waals surface area contributed by atoms with Crippen molar-refractivity contribution < 1.29 is 4.79 Å². The van der Waals surface area contributed by atoms with E-state index < -0.39 is 0 Å². The number of fused-ring (bicyclic) bond motifs is 2. The fourth-order valence-corrected chi connectivity index (χ4v) is 3.73. The molecule has 0 spiro atoms. The SMILES string of the molecule is CN(C)C(=O)c1ccc(N)cc1NC1CC2CCC1C2. The van der Waals surface area contributed by atoms with Crippen molar-refractivity contribution >= 4 is 17.3 Å². The normalized spacial score (nSPS) is 27.6. The Balaban J connectivity index is 1.84. The Labute approximate surface area is 120 Å². The van der Waals surface area contributed by atoms with Crippen LogP contribution < -0.4 is 11.1 Å². The largest absolute Gasteiger partial charge is 0.399 e. The number of carbonyl (C=O) groups is 1. The van der Waals surface area contributed by atoms with Crippen LogP contribution in [0.25, 0.3) is 0 Å². The average molecular weight is 273 g/mol. The molecule has 0 saturated heterocycles. The van der Waals surface area contributed by atoms with Crippen molar-refractivity contribution in [2.75, 3.05) is 25.1 Å². The molecule has 2 aliphatic rings. The molecule has 0 radical (unpaired) electrons. The lowest BCUT2D eigenvalue weighted by Crippen LogP contribution is -2.28. The van der Waals surface area contributed by atoms with E-state index in [0.717, 1.165) is 17.5 Å². The molecular weight excluding hydrogens is 250 g/mol. The second kappa shape index (κ2) is 5.00. The van der Waals surface area contributed by atoms with Crippen molar-refractivity contribution in [3.8, 4) is 0 Å². The fourth-order valence-electron chi connectivity index (χ4n) is 3.73. The van der Waals surface area contributed by atoms with Crippen LogP contribution in [0.2, 0.25) is 0 Å². The predicted molar refractivity (Wildman–Crippen MR) is 81.7 cm³/mol. The summed E-state index contributed by atoms with van der Waals surface area (Å²) in [5, 5.41) is 3.59. The third-order valence-corrected chi connectivity index (χ3v) is 4.76. The molecule has 3 rings (SSSR count). The van der Waals surface area contributed by atoms with Gasteiger partial charge in [-0.15, -0.1) is 0 Å². The van der Waals surface area contributed by atoms with E-state index in [9.17, 15) is 4.79 Å². The van der Waals surface area contributed by atoms with E-state index >= 15 is 0 Å². The number of hydrogen-bond donors (Lipinski definition) is 2. The average Bonchev–Trinajstić information content (AvgIpc) is 3.00. The third kappa shape index (κ3) is 2.35. The number of hydrogen-bond acceptors (Lipinski definition) is 3. The molecule has 3 N–H and O–H groups in total. The highest BCUT2D eigenvalue weighted by atomic mass is 16.2. The van der Waals surface area contributed by atoms with E-state index in [4.69, 9.17) is 5.73 Å². The predicted octanol–water partition coefficient (Wildman–Crippen LogP) is 2.57. The molecule has 2 fully saturated rings. The van der Waals surface area contributed by atoms with Gasteiger partial charge < -0.3 is 16.0 Å². The Morgan fingerprint density at radius 2 is 2.10 bits per heavy atom. The van der Waals surface area contributed by atoms with Gasteiger partial charge in [-0.05, 0) is 49.3 Å². The lowest BCUT2D eigenvalue weighted by Gasteiger charge is -2.26.